The number of nitrogens with one attached hydrogen (secondary N) is 2. The number of aliphatic carboxylic acids is 1. The number of nitrogens with zero attached hydrogens (tertiary/aromatic N) is 1. The summed E-state index contributed by atoms with van der Waals surface area (Å²) in [6.45, 7) is 1.85. The van der Waals surface area contributed by atoms with Crippen molar-refractivity contribution in [2.24, 2.45) is 5.41 Å². The van der Waals surface area contributed by atoms with E-state index in [2.05, 4.69) is 15.5 Å². The minimum Gasteiger partial charge on any atom is -0.481 e. The quantitative estimate of drug-likeness (QED) is 0.667. The monoisotopic (exact) mass is 239 g/mol. The van der Waals surface area contributed by atoms with E-state index >= 15 is 0 Å². The van der Waals surface area contributed by atoms with Crippen molar-refractivity contribution in [1.29, 1.82) is 0 Å². The Balaban J connectivity index is 2.09. The SMILES string of the molecule is CC1(C(=O)O)COCC1NC(=O)c1cn[nH]c1. The Labute approximate surface area is 97.2 Å². The van der Waals surface area contributed by atoms with E-state index in [-0.39, 0.29) is 19.1 Å². The number of rotatable bonds is 3. The number of carboxylic acids is 1. The molecule has 2 unspecified atom stereocenters. The smallest absolute Gasteiger partial charge is 0.313 e. The molecular weight excluding hydrogens is 226 g/mol. The van der Waals surface area contributed by atoms with Gasteiger partial charge in [0.25, 0.3) is 5.91 Å². The molecule has 0 radical (unpaired) electrons. The van der Waals surface area contributed by atoms with Gasteiger partial charge in [-0.1, -0.05) is 0 Å². The summed E-state index contributed by atoms with van der Waals surface area (Å²) in [7, 11) is 0. The van der Waals surface area contributed by atoms with Crippen molar-refractivity contribution in [3.63, 3.8) is 0 Å². The molecule has 7 heteroatoms. The molecule has 3 N–H and O–H groups in total. The first-order valence-electron chi connectivity index (χ1n) is 5.15. The predicted octanol–water partition coefficient (Wildman–Crippen LogP) is -0.371. The van der Waals surface area contributed by atoms with Crippen LogP contribution >= 0.6 is 0 Å². The highest BCUT2D eigenvalue weighted by Gasteiger charge is 2.47. The Bertz CT molecular complexity index is 431. The number of H-pyrrole nitrogens is 1. The lowest BCUT2D eigenvalue weighted by Gasteiger charge is -2.25. The Morgan fingerprint density at radius 1 is 1.71 bits per heavy atom. The van der Waals surface area contributed by atoms with Crippen LogP contribution in [0, 0.1) is 5.41 Å². The van der Waals surface area contributed by atoms with Gasteiger partial charge in [-0.3, -0.25) is 14.7 Å². The van der Waals surface area contributed by atoms with E-state index in [9.17, 15) is 9.59 Å². The molecule has 1 saturated heterocycles. The van der Waals surface area contributed by atoms with Crippen molar-refractivity contribution in [3.8, 4) is 0 Å². The third-order valence-electron chi connectivity index (χ3n) is 3.01. The minimum absolute atomic E-state index is 0.0959. The summed E-state index contributed by atoms with van der Waals surface area (Å²) in [5, 5.41) is 18.0. The topological polar surface area (TPSA) is 104 Å². The number of carboxylic acid groups (broad SMARTS) is 1. The molecule has 2 rings (SSSR count). The highest BCUT2D eigenvalue weighted by atomic mass is 16.5. The molecule has 92 valence electrons. The number of hydrogen-bond acceptors (Lipinski definition) is 4. The number of hydrogen-bond donors (Lipinski definition) is 3. The number of aromatic amines is 1. The molecule has 1 fully saturated rings. The fourth-order valence-corrected chi connectivity index (χ4v) is 1.70. The third-order valence-corrected chi connectivity index (χ3v) is 3.01. The van der Waals surface area contributed by atoms with Crippen molar-refractivity contribution in [1.82, 2.24) is 15.5 Å². The molecule has 1 amide bonds. The van der Waals surface area contributed by atoms with Crippen molar-refractivity contribution in [2.75, 3.05) is 13.2 Å². The van der Waals surface area contributed by atoms with Gasteiger partial charge in [0.2, 0.25) is 0 Å². The largest absolute Gasteiger partial charge is 0.481 e. The van der Waals surface area contributed by atoms with Gasteiger partial charge in [0.05, 0.1) is 31.0 Å². The second-order valence-electron chi connectivity index (χ2n) is 4.25. The fourth-order valence-electron chi connectivity index (χ4n) is 1.70. The van der Waals surface area contributed by atoms with Crippen LogP contribution in [0.5, 0.6) is 0 Å². The lowest BCUT2D eigenvalue weighted by molar-refractivity contribution is -0.148. The molecule has 2 atom stereocenters. The average Bonchev–Trinajstić information content (AvgIpc) is 2.89. The highest BCUT2D eigenvalue weighted by molar-refractivity contribution is 5.94. The first-order valence-corrected chi connectivity index (χ1v) is 5.15. The summed E-state index contributed by atoms with van der Waals surface area (Å²) >= 11 is 0. The number of aromatic nitrogens is 2. The van der Waals surface area contributed by atoms with Crippen LogP contribution in [0.1, 0.15) is 17.3 Å². The van der Waals surface area contributed by atoms with E-state index in [1.807, 2.05) is 0 Å². The second-order valence-corrected chi connectivity index (χ2v) is 4.25. The standard InChI is InChI=1S/C10H13N3O4/c1-10(9(15)16)5-17-4-7(10)13-8(14)6-2-11-12-3-6/h2-3,7H,4-5H2,1H3,(H,11,12)(H,13,14)(H,15,16). The molecule has 2 heterocycles. The van der Waals surface area contributed by atoms with E-state index in [0.29, 0.717) is 5.56 Å². The van der Waals surface area contributed by atoms with E-state index in [0.717, 1.165) is 0 Å². The summed E-state index contributed by atoms with van der Waals surface area (Å²) in [5.41, 5.74) is -0.719. The zero-order valence-electron chi connectivity index (χ0n) is 9.27. The third kappa shape index (κ3) is 2.01. The summed E-state index contributed by atoms with van der Waals surface area (Å²) in [4.78, 5) is 22.9. The number of amides is 1. The Morgan fingerprint density at radius 2 is 2.47 bits per heavy atom. The molecule has 0 bridgehead atoms. The zero-order chi connectivity index (χ0) is 12.5. The van der Waals surface area contributed by atoms with Crippen molar-refractivity contribution < 1.29 is 19.4 Å². The van der Waals surface area contributed by atoms with Crippen LogP contribution in [0.2, 0.25) is 0 Å². The molecule has 0 aromatic carbocycles. The number of ether oxygens (including phenoxy) is 1. The maximum atomic E-state index is 11.8. The Morgan fingerprint density at radius 3 is 3.06 bits per heavy atom. The van der Waals surface area contributed by atoms with Crippen LogP contribution in [0.25, 0.3) is 0 Å². The lowest BCUT2D eigenvalue weighted by atomic mass is 9.85. The molecule has 1 aromatic heterocycles. The average molecular weight is 239 g/mol. The fraction of sp³-hybridized carbons (Fsp3) is 0.500. The lowest BCUT2D eigenvalue weighted by Crippen LogP contribution is -2.49. The molecule has 1 aliphatic rings. The number of carbonyl (C=O) groups is 2. The molecule has 1 aromatic rings. The summed E-state index contributed by atoms with van der Waals surface area (Å²) in [6, 6.07) is -0.539. The van der Waals surface area contributed by atoms with E-state index in [4.69, 9.17) is 9.84 Å². The van der Waals surface area contributed by atoms with Crippen LogP contribution in [-0.4, -0.2) is 46.4 Å². The van der Waals surface area contributed by atoms with Crippen LogP contribution in [0.15, 0.2) is 12.4 Å². The summed E-state index contributed by atoms with van der Waals surface area (Å²) < 4.78 is 5.13. The molecule has 0 aliphatic carbocycles. The molecule has 17 heavy (non-hydrogen) atoms. The molecule has 0 spiro atoms. The van der Waals surface area contributed by atoms with Gasteiger partial charge >= 0.3 is 5.97 Å². The van der Waals surface area contributed by atoms with Crippen LogP contribution in [-0.2, 0) is 9.53 Å². The van der Waals surface area contributed by atoms with Crippen molar-refractivity contribution in [2.45, 2.75) is 13.0 Å². The Hall–Kier alpha value is -1.89. The predicted molar refractivity (Wildman–Crippen MR) is 56.4 cm³/mol. The van der Waals surface area contributed by atoms with Gasteiger partial charge in [-0.05, 0) is 6.92 Å². The number of carbonyl (C=O) groups excluding carboxylic acids is 1. The van der Waals surface area contributed by atoms with E-state index < -0.39 is 17.4 Å². The van der Waals surface area contributed by atoms with Crippen molar-refractivity contribution >= 4 is 11.9 Å². The first kappa shape index (κ1) is 11.6. The van der Waals surface area contributed by atoms with Crippen LogP contribution < -0.4 is 5.32 Å². The van der Waals surface area contributed by atoms with Gasteiger partial charge in [0.15, 0.2) is 0 Å². The van der Waals surface area contributed by atoms with E-state index in [1.54, 1.807) is 6.92 Å². The van der Waals surface area contributed by atoms with Gasteiger partial charge in [-0.25, -0.2) is 0 Å². The first-order chi connectivity index (χ1) is 8.04. The van der Waals surface area contributed by atoms with Gasteiger partial charge < -0.3 is 15.2 Å². The van der Waals surface area contributed by atoms with Gasteiger partial charge in [-0.2, -0.15) is 5.10 Å². The molecular formula is C10H13N3O4. The van der Waals surface area contributed by atoms with Gasteiger partial charge in [0, 0.05) is 6.20 Å². The van der Waals surface area contributed by atoms with E-state index in [1.165, 1.54) is 12.4 Å². The second kappa shape index (κ2) is 4.17. The van der Waals surface area contributed by atoms with Crippen LogP contribution in [0.3, 0.4) is 0 Å². The van der Waals surface area contributed by atoms with Gasteiger partial charge in [-0.15, -0.1) is 0 Å². The summed E-state index contributed by atoms with van der Waals surface area (Å²) in [5.74, 6) is -1.34. The normalized spacial score (nSPS) is 27.9. The molecule has 7 nitrogen and oxygen atoms in total. The van der Waals surface area contributed by atoms with Gasteiger partial charge in [0.1, 0.15) is 5.41 Å². The maximum Gasteiger partial charge on any atom is 0.313 e. The highest BCUT2D eigenvalue weighted by Crippen LogP contribution is 2.28. The Kier molecular flexibility index (Phi) is 2.84. The van der Waals surface area contributed by atoms with Crippen molar-refractivity contribution in [3.05, 3.63) is 18.0 Å². The maximum absolute atomic E-state index is 11.8. The molecule has 0 saturated carbocycles. The van der Waals surface area contributed by atoms with Crippen LogP contribution in [0.4, 0.5) is 0 Å². The minimum atomic E-state index is -1.08. The summed E-state index contributed by atoms with van der Waals surface area (Å²) in [6.07, 6.45) is 2.83. The zero-order valence-corrected chi connectivity index (χ0v) is 9.27. The molecule has 1 aliphatic heterocycles.